The molecule has 3 heterocycles. The van der Waals surface area contributed by atoms with E-state index in [9.17, 15) is 0 Å². The van der Waals surface area contributed by atoms with Crippen LogP contribution < -0.4 is 0 Å². The molecular formula is C11H10N4S2. The first kappa shape index (κ1) is 10.7. The maximum atomic E-state index is 4.48. The number of aromatic nitrogens is 4. The lowest BCUT2D eigenvalue weighted by Crippen LogP contribution is -1.91. The number of hydrogen-bond donors (Lipinski definition) is 1. The van der Waals surface area contributed by atoms with Gasteiger partial charge in [-0.1, -0.05) is 0 Å². The summed E-state index contributed by atoms with van der Waals surface area (Å²) in [6.45, 7) is 3.90. The Morgan fingerprint density at radius 2 is 2.12 bits per heavy atom. The Bertz CT molecular complexity index is 671. The number of thiazole rings is 1. The predicted octanol–water partition coefficient (Wildman–Crippen LogP) is 3.18. The van der Waals surface area contributed by atoms with Crippen molar-refractivity contribution in [1.29, 1.82) is 0 Å². The van der Waals surface area contributed by atoms with Crippen molar-refractivity contribution in [3.8, 4) is 0 Å². The first-order valence-electron chi connectivity index (χ1n) is 5.14. The third-order valence-corrected chi connectivity index (χ3v) is 4.34. The third kappa shape index (κ3) is 2.05. The molecule has 0 unspecified atom stereocenters. The summed E-state index contributed by atoms with van der Waals surface area (Å²) in [5.41, 5.74) is 1.93. The fraction of sp³-hybridized carbons (Fsp3) is 0.182. The standard InChI is InChI=1S/C11H10N4S2/c1-6-5-16-11(13-6)17-10-8-3-4-12-9(8)14-7(2)15-10/h3-5H,1-2H3,(H,12,14,15). The lowest BCUT2D eigenvalue weighted by molar-refractivity contribution is 1.00. The summed E-state index contributed by atoms with van der Waals surface area (Å²) in [5, 5.41) is 4.06. The van der Waals surface area contributed by atoms with Crippen molar-refractivity contribution in [3.05, 3.63) is 29.2 Å². The molecule has 0 aliphatic carbocycles. The van der Waals surface area contributed by atoms with Gasteiger partial charge in [0.15, 0.2) is 4.34 Å². The van der Waals surface area contributed by atoms with E-state index in [-0.39, 0.29) is 0 Å². The topological polar surface area (TPSA) is 54.5 Å². The Balaban J connectivity index is 2.07. The lowest BCUT2D eigenvalue weighted by atomic mass is 10.4. The third-order valence-electron chi connectivity index (χ3n) is 2.27. The fourth-order valence-corrected chi connectivity index (χ4v) is 3.46. The van der Waals surface area contributed by atoms with Crippen LogP contribution in [0.5, 0.6) is 0 Å². The molecule has 0 saturated heterocycles. The quantitative estimate of drug-likeness (QED) is 0.721. The minimum atomic E-state index is 0.774. The van der Waals surface area contributed by atoms with Gasteiger partial charge in [0.2, 0.25) is 0 Å². The van der Waals surface area contributed by atoms with Crippen LogP contribution in [0.3, 0.4) is 0 Å². The van der Waals surface area contributed by atoms with Crippen LogP contribution in [-0.4, -0.2) is 19.9 Å². The molecule has 86 valence electrons. The van der Waals surface area contributed by atoms with Gasteiger partial charge in [0, 0.05) is 17.3 Å². The number of aryl methyl sites for hydroxylation is 2. The van der Waals surface area contributed by atoms with Gasteiger partial charge in [-0.25, -0.2) is 15.0 Å². The first-order valence-corrected chi connectivity index (χ1v) is 6.84. The predicted molar refractivity (Wildman–Crippen MR) is 69.6 cm³/mol. The van der Waals surface area contributed by atoms with Gasteiger partial charge < -0.3 is 4.98 Å². The summed E-state index contributed by atoms with van der Waals surface area (Å²) < 4.78 is 1.02. The van der Waals surface area contributed by atoms with Crippen LogP contribution in [0.1, 0.15) is 11.5 Å². The van der Waals surface area contributed by atoms with Gasteiger partial charge in [0.1, 0.15) is 16.5 Å². The van der Waals surface area contributed by atoms with E-state index in [1.54, 1.807) is 23.1 Å². The summed E-state index contributed by atoms with van der Waals surface area (Å²) >= 11 is 3.24. The minimum Gasteiger partial charge on any atom is -0.346 e. The van der Waals surface area contributed by atoms with Gasteiger partial charge in [-0.05, 0) is 31.7 Å². The molecule has 1 N–H and O–H groups in total. The Morgan fingerprint density at radius 1 is 1.24 bits per heavy atom. The number of nitrogens with zero attached hydrogens (tertiary/aromatic N) is 3. The molecule has 3 aromatic rings. The molecule has 0 aromatic carbocycles. The van der Waals surface area contributed by atoms with E-state index in [0.29, 0.717) is 0 Å². The SMILES string of the molecule is Cc1csc(Sc2nc(C)nc3[nH]ccc23)n1. The zero-order valence-electron chi connectivity index (χ0n) is 9.39. The van der Waals surface area contributed by atoms with Crippen molar-refractivity contribution < 1.29 is 0 Å². The van der Waals surface area contributed by atoms with Crippen LogP contribution in [0.15, 0.2) is 27.0 Å². The van der Waals surface area contributed by atoms with E-state index in [4.69, 9.17) is 0 Å². The zero-order valence-corrected chi connectivity index (χ0v) is 11.0. The Morgan fingerprint density at radius 3 is 2.88 bits per heavy atom. The number of fused-ring (bicyclic) bond motifs is 1. The number of nitrogens with one attached hydrogen (secondary N) is 1. The van der Waals surface area contributed by atoms with Crippen molar-refractivity contribution in [3.63, 3.8) is 0 Å². The van der Waals surface area contributed by atoms with E-state index in [2.05, 4.69) is 19.9 Å². The fourth-order valence-electron chi connectivity index (χ4n) is 1.56. The molecule has 0 atom stereocenters. The van der Waals surface area contributed by atoms with Crippen LogP contribution in [0.2, 0.25) is 0 Å². The highest BCUT2D eigenvalue weighted by molar-refractivity contribution is 8.01. The lowest BCUT2D eigenvalue weighted by Gasteiger charge is -2.00. The van der Waals surface area contributed by atoms with Crippen LogP contribution in [0.25, 0.3) is 11.0 Å². The molecule has 6 heteroatoms. The van der Waals surface area contributed by atoms with Crippen LogP contribution >= 0.6 is 23.1 Å². The maximum Gasteiger partial charge on any atom is 0.156 e. The van der Waals surface area contributed by atoms with E-state index in [1.807, 2.05) is 31.5 Å². The molecule has 3 rings (SSSR count). The number of aromatic amines is 1. The molecular weight excluding hydrogens is 252 g/mol. The van der Waals surface area contributed by atoms with Crippen molar-refractivity contribution in [2.45, 2.75) is 23.2 Å². The summed E-state index contributed by atoms with van der Waals surface area (Å²) in [5.74, 6) is 0.774. The van der Waals surface area contributed by atoms with Crippen molar-refractivity contribution >= 4 is 34.1 Å². The average Bonchev–Trinajstić information content (AvgIpc) is 2.87. The van der Waals surface area contributed by atoms with Crippen molar-refractivity contribution in [1.82, 2.24) is 19.9 Å². The molecule has 17 heavy (non-hydrogen) atoms. The van der Waals surface area contributed by atoms with Gasteiger partial charge in [0.25, 0.3) is 0 Å². The Hall–Kier alpha value is -1.40. The maximum absolute atomic E-state index is 4.48. The Kier molecular flexibility index (Phi) is 2.60. The molecule has 0 aliphatic heterocycles. The second-order valence-corrected chi connectivity index (χ2v) is 5.77. The van der Waals surface area contributed by atoms with Crippen LogP contribution in [0, 0.1) is 13.8 Å². The normalized spacial score (nSPS) is 11.2. The van der Waals surface area contributed by atoms with Gasteiger partial charge in [-0.2, -0.15) is 0 Å². The summed E-state index contributed by atoms with van der Waals surface area (Å²) in [7, 11) is 0. The van der Waals surface area contributed by atoms with Crippen molar-refractivity contribution in [2.24, 2.45) is 0 Å². The minimum absolute atomic E-state index is 0.774. The van der Waals surface area contributed by atoms with E-state index < -0.39 is 0 Å². The van der Waals surface area contributed by atoms with E-state index in [1.165, 1.54) is 0 Å². The van der Waals surface area contributed by atoms with Gasteiger partial charge >= 0.3 is 0 Å². The second kappa shape index (κ2) is 4.12. The van der Waals surface area contributed by atoms with E-state index in [0.717, 1.165) is 31.9 Å². The number of hydrogen-bond acceptors (Lipinski definition) is 5. The highest BCUT2D eigenvalue weighted by Crippen LogP contribution is 2.32. The molecule has 3 aromatic heterocycles. The highest BCUT2D eigenvalue weighted by Gasteiger charge is 2.10. The van der Waals surface area contributed by atoms with Gasteiger partial charge in [-0.3, -0.25) is 0 Å². The first-order chi connectivity index (χ1) is 8.22. The zero-order chi connectivity index (χ0) is 11.8. The van der Waals surface area contributed by atoms with Crippen LogP contribution in [0.4, 0.5) is 0 Å². The highest BCUT2D eigenvalue weighted by atomic mass is 32.2. The molecule has 0 amide bonds. The summed E-state index contributed by atoms with van der Waals surface area (Å²) in [4.78, 5) is 16.4. The smallest absolute Gasteiger partial charge is 0.156 e. The molecule has 0 saturated carbocycles. The Labute approximate surface area is 107 Å². The molecule has 0 radical (unpaired) electrons. The molecule has 0 spiro atoms. The average molecular weight is 262 g/mol. The van der Waals surface area contributed by atoms with Crippen LogP contribution in [-0.2, 0) is 0 Å². The molecule has 0 fully saturated rings. The van der Waals surface area contributed by atoms with Gasteiger partial charge in [0.05, 0.1) is 5.39 Å². The summed E-state index contributed by atoms with van der Waals surface area (Å²) in [6, 6.07) is 2.00. The molecule has 0 aliphatic rings. The number of rotatable bonds is 2. The van der Waals surface area contributed by atoms with Crippen molar-refractivity contribution in [2.75, 3.05) is 0 Å². The summed E-state index contributed by atoms with van der Waals surface area (Å²) in [6.07, 6.45) is 1.88. The van der Waals surface area contributed by atoms with Gasteiger partial charge in [-0.15, -0.1) is 11.3 Å². The molecule has 0 bridgehead atoms. The molecule has 4 nitrogen and oxygen atoms in total. The van der Waals surface area contributed by atoms with E-state index >= 15 is 0 Å². The largest absolute Gasteiger partial charge is 0.346 e. The second-order valence-electron chi connectivity index (χ2n) is 3.67. The number of H-pyrrole nitrogens is 1. The monoisotopic (exact) mass is 262 g/mol.